The number of nitrogens with two attached hydrogens (primary N) is 1. The van der Waals surface area contributed by atoms with Crippen molar-refractivity contribution in [2.75, 3.05) is 5.73 Å². The minimum absolute atomic E-state index is 0.190. The fourth-order valence-corrected chi connectivity index (χ4v) is 2.04. The summed E-state index contributed by atoms with van der Waals surface area (Å²) in [5.74, 6) is 0.824. The predicted octanol–water partition coefficient (Wildman–Crippen LogP) is 1.45. The predicted molar refractivity (Wildman–Crippen MR) is 66.1 cm³/mol. The van der Waals surface area contributed by atoms with Crippen LogP contribution in [0.25, 0.3) is 0 Å². The van der Waals surface area contributed by atoms with Crippen LogP contribution in [0.1, 0.15) is 6.42 Å². The second-order valence-corrected chi connectivity index (χ2v) is 4.03. The van der Waals surface area contributed by atoms with Gasteiger partial charge in [0, 0.05) is 19.3 Å². The molecule has 0 aliphatic carbocycles. The highest BCUT2D eigenvalue weighted by Gasteiger charge is 2.21. The van der Waals surface area contributed by atoms with Crippen molar-refractivity contribution in [2.24, 2.45) is 10.2 Å². The van der Waals surface area contributed by atoms with Gasteiger partial charge in [0.1, 0.15) is 0 Å². The summed E-state index contributed by atoms with van der Waals surface area (Å²) < 4.78 is 3.34. The van der Waals surface area contributed by atoms with E-state index in [1.54, 1.807) is 33.8 Å². The van der Waals surface area contributed by atoms with Gasteiger partial charge in [-0.3, -0.25) is 9.48 Å². The van der Waals surface area contributed by atoms with Gasteiger partial charge in [-0.25, -0.2) is 9.67 Å². The average molecular weight is 244 g/mol. The summed E-state index contributed by atoms with van der Waals surface area (Å²) in [5.41, 5.74) is 5.89. The Labute approximate surface area is 103 Å². The molecule has 3 rings (SSSR count). The molecular weight excluding hydrogens is 232 g/mol. The zero-order valence-corrected chi connectivity index (χ0v) is 9.65. The monoisotopic (exact) mass is 244 g/mol. The van der Waals surface area contributed by atoms with Crippen LogP contribution in [0.4, 0.5) is 17.3 Å². The van der Waals surface area contributed by atoms with Crippen molar-refractivity contribution in [3.8, 4) is 0 Å². The van der Waals surface area contributed by atoms with E-state index in [1.165, 1.54) is 0 Å². The highest BCUT2D eigenvalue weighted by Crippen LogP contribution is 2.23. The van der Waals surface area contributed by atoms with E-state index in [0.29, 0.717) is 18.2 Å². The minimum Gasteiger partial charge on any atom is -0.382 e. The van der Waals surface area contributed by atoms with Crippen LogP contribution < -0.4 is 11.3 Å². The van der Waals surface area contributed by atoms with Gasteiger partial charge in [-0.1, -0.05) is 6.07 Å². The molecule has 0 spiro atoms. The molecule has 2 aromatic heterocycles. The molecule has 92 valence electrons. The number of anilines is 1. The van der Waals surface area contributed by atoms with Crippen LogP contribution in [-0.4, -0.2) is 14.3 Å². The number of hydrogen-bond acceptors (Lipinski definition) is 5. The zero-order valence-electron chi connectivity index (χ0n) is 9.65. The maximum absolute atomic E-state index is 12.0. The minimum atomic E-state index is -0.190. The molecule has 7 nitrogen and oxygen atoms in total. The number of pyridine rings is 1. The van der Waals surface area contributed by atoms with Crippen LogP contribution in [-0.2, 0) is 13.1 Å². The quantitative estimate of drug-likeness (QED) is 0.810. The third kappa shape index (κ3) is 1.60. The van der Waals surface area contributed by atoms with E-state index in [4.69, 9.17) is 5.73 Å². The first-order valence-corrected chi connectivity index (χ1v) is 5.69. The Hall–Kier alpha value is -2.44. The lowest BCUT2D eigenvalue weighted by molar-refractivity contribution is 0.601. The normalized spacial score (nSPS) is 14.2. The first-order chi connectivity index (χ1) is 8.77. The van der Waals surface area contributed by atoms with E-state index < -0.39 is 0 Å². The smallest absolute Gasteiger partial charge is 0.296 e. The Balaban J connectivity index is 2.00. The number of nitrogen functional groups attached to an aromatic ring is 1. The molecule has 0 saturated heterocycles. The van der Waals surface area contributed by atoms with Gasteiger partial charge in [0.05, 0.1) is 0 Å². The zero-order chi connectivity index (χ0) is 12.5. The standard InChI is InChI=1S/C11H12N6O/c12-10-9(11(18)17-7-3-6-16(10)17)15-14-8-4-1-2-5-13-8/h1-2,4-5H,3,6-7,12H2/b15-14+. The number of azo groups is 1. The van der Waals surface area contributed by atoms with Crippen LogP contribution in [0.2, 0.25) is 0 Å². The van der Waals surface area contributed by atoms with Crippen LogP contribution in [0.15, 0.2) is 39.4 Å². The summed E-state index contributed by atoms with van der Waals surface area (Å²) in [4.78, 5) is 16.0. The lowest BCUT2D eigenvalue weighted by Gasteiger charge is -1.98. The molecule has 1 aliphatic heterocycles. The van der Waals surface area contributed by atoms with Crippen molar-refractivity contribution in [3.05, 3.63) is 34.7 Å². The molecule has 0 amide bonds. The fraction of sp³-hybridized carbons (Fsp3) is 0.273. The lowest BCUT2D eigenvalue weighted by atomic mass is 10.4. The molecule has 3 heterocycles. The third-order valence-corrected chi connectivity index (χ3v) is 2.89. The summed E-state index contributed by atoms with van der Waals surface area (Å²) in [6.45, 7) is 1.43. The first kappa shape index (κ1) is 10.7. The second-order valence-electron chi connectivity index (χ2n) is 4.03. The summed E-state index contributed by atoms with van der Waals surface area (Å²) in [6, 6.07) is 5.30. The largest absolute Gasteiger partial charge is 0.382 e. The molecule has 0 fully saturated rings. The van der Waals surface area contributed by atoms with E-state index in [2.05, 4.69) is 15.2 Å². The number of rotatable bonds is 2. The molecule has 0 atom stereocenters. The Morgan fingerprint density at radius 1 is 1.22 bits per heavy atom. The van der Waals surface area contributed by atoms with Gasteiger partial charge in [-0.05, 0) is 18.6 Å². The molecule has 2 aromatic rings. The number of nitrogens with zero attached hydrogens (tertiary/aromatic N) is 5. The molecule has 0 aromatic carbocycles. The molecule has 0 unspecified atom stereocenters. The molecule has 0 radical (unpaired) electrons. The summed E-state index contributed by atoms with van der Waals surface area (Å²) in [7, 11) is 0. The second kappa shape index (κ2) is 4.10. The van der Waals surface area contributed by atoms with Crippen LogP contribution in [0.3, 0.4) is 0 Å². The van der Waals surface area contributed by atoms with Crippen molar-refractivity contribution < 1.29 is 0 Å². The van der Waals surface area contributed by atoms with Crippen LogP contribution >= 0.6 is 0 Å². The van der Waals surface area contributed by atoms with Gasteiger partial charge < -0.3 is 5.73 Å². The summed E-state index contributed by atoms with van der Waals surface area (Å²) in [6.07, 6.45) is 2.54. The number of hydrogen-bond donors (Lipinski definition) is 1. The summed E-state index contributed by atoms with van der Waals surface area (Å²) in [5, 5.41) is 7.84. The molecule has 7 heteroatoms. The van der Waals surface area contributed by atoms with E-state index >= 15 is 0 Å². The highest BCUT2D eigenvalue weighted by molar-refractivity contribution is 5.57. The van der Waals surface area contributed by atoms with E-state index in [1.807, 2.05) is 0 Å². The van der Waals surface area contributed by atoms with Crippen LogP contribution in [0.5, 0.6) is 0 Å². The van der Waals surface area contributed by atoms with E-state index in [9.17, 15) is 4.79 Å². The van der Waals surface area contributed by atoms with Gasteiger partial charge in [-0.2, -0.15) is 0 Å². The van der Waals surface area contributed by atoms with Crippen molar-refractivity contribution in [1.29, 1.82) is 0 Å². The SMILES string of the molecule is Nc1c(/N=N/c2ccccn2)c(=O)n2n1CCC2. The van der Waals surface area contributed by atoms with Gasteiger partial charge in [0.2, 0.25) is 0 Å². The van der Waals surface area contributed by atoms with Crippen molar-refractivity contribution in [3.63, 3.8) is 0 Å². The maximum atomic E-state index is 12.0. The van der Waals surface area contributed by atoms with Crippen molar-refractivity contribution in [2.45, 2.75) is 19.5 Å². The Bertz CT molecular complexity index is 654. The van der Waals surface area contributed by atoms with Crippen LogP contribution in [0, 0.1) is 0 Å². The van der Waals surface area contributed by atoms with Gasteiger partial charge in [0.25, 0.3) is 5.56 Å². The molecular formula is C11H12N6O. The van der Waals surface area contributed by atoms with Crippen molar-refractivity contribution >= 4 is 17.3 Å². The van der Waals surface area contributed by atoms with E-state index in [0.717, 1.165) is 13.0 Å². The van der Waals surface area contributed by atoms with Gasteiger partial charge in [-0.15, -0.1) is 10.2 Å². The Morgan fingerprint density at radius 3 is 2.78 bits per heavy atom. The van der Waals surface area contributed by atoms with E-state index in [-0.39, 0.29) is 11.2 Å². The average Bonchev–Trinajstić information content (AvgIpc) is 2.95. The molecule has 0 saturated carbocycles. The molecule has 18 heavy (non-hydrogen) atoms. The van der Waals surface area contributed by atoms with Gasteiger partial charge in [0.15, 0.2) is 17.3 Å². The Kier molecular flexibility index (Phi) is 2.44. The van der Waals surface area contributed by atoms with Crippen molar-refractivity contribution in [1.82, 2.24) is 14.3 Å². The number of aromatic nitrogens is 3. The Morgan fingerprint density at radius 2 is 2.06 bits per heavy atom. The number of fused-ring (bicyclic) bond motifs is 1. The first-order valence-electron chi connectivity index (χ1n) is 5.69. The molecule has 2 N–H and O–H groups in total. The fourth-order valence-electron chi connectivity index (χ4n) is 2.04. The third-order valence-electron chi connectivity index (χ3n) is 2.89. The molecule has 0 bridgehead atoms. The summed E-state index contributed by atoms with van der Waals surface area (Å²) >= 11 is 0. The maximum Gasteiger partial charge on any atom is 0.296 e. The highest BCUT2D eigenvalue weighted by atomic mass is 16.1. The van der Waals surface area contributed by atoms with Gasteiger partial charge >= 0.3 is 0 Å². The molecule has 1 aliphatic rings. The lowest BCUT2D eigenvalue weighted by Crippen LogP contribution is -2.16. The topological polar surface area (TPSA) is 90.6 Å².